The van der Waals surface area contributed by atoms with Gasteiger partial charge in [0.15, 0.2) is 0 Å². The third-order valence-corrected chi connectivity index (χ3v) is 5.04. The summed E-state index contributed by atoms with van der Waals surface area (Å²) in [4.78, 5) is 11.9. The Hall–Kier alpha value is -1.75. The van der Waals surface area contributed by atoms with Crippen LogP contribution in [0.1, 0.15) is 52.3 Å². The number of nitrogens with zero attached hydrogens (tertiary/aromatic N) is 5. The van der Waals surface area contributed by atoms with Crippen LogP contribution in [-0.2, 0) is 6.42 Å². The Morgan fingerprint density at radius 2 is 1.71 bits per heavy atom. The Morgan fingerprint density at radius 3 is 2.38 bits per heavy atom. The molecule has 1 saturated heterocycles. The Bertz CT molecular complexity index is 653. The quantitative estimate of drug-likeness (QED) is 0.842. The van der Waals surface area contributed by atoms with E-state index in [4.69, 9.17) is 0 Å². The number of piperidine rings is 1. The Labute approximate surface area is 145 Å². The van der Waals surface area contributed by atoms with Crippen LogP contribution in [0.5, 0.6) is 0 Å². The fourth-order valence-electron chi connectivity index (χ4n) is 3.59. The van der Waals surface area contributed by atoms with E-state index in [0.29, 0.717) is 18.0 Å². The van der Waals surface area contributed by atoms with Gasteiger partial charge in [-0.25, -0.2) is 0 Å². The summed E-state index contributed by atoms with van der Waals surface area (Å²) in [5.74, 6) is 0.700. The minimum Gasteiger partial charge on any atom is -0.301 e. The van der Waals surface area contributed by atoms with Gasteiger partial charge < -0.3 is 4.90 Å². The van der Waals surface area contributed by atoms with E-state index in [1.165, 1.54) is 25.9 Å². The van der Waals surface area contributed by atoms with Crippen LogP contribution in [0.3, 0.4) is 0 Å². The van der Waals surface area contributed by atoms with Crippen LogP contribution in [-0.4, -0.2) is 43.8 Å². The average Bonchev–Trinajstić information content (AvgIpc) is 3.05. The van der Waals surface area contributed by atoms with Gasteiger partial charge in [0.05, 0.1) is 11.4 Å². The second-order valence-corrected chi connectivity index (χ2v) is 7.38. The van der Waals surface area contributed by atoms with E-state index in [1.54, 1.807) is 6.20 Å². The van der Waals surface area contributed by atoms with Crippen LogP contribution in [0.25, 0.3) is 11.4 Å². The molecule has 0 aromatic carbocycles. The van der Waals surface area contributed by atoms with Crippen molar-refractivity contribution in [2.24, 2.45) is 5.92 Å². The molecule has 0 N–H and O–H groups in total. The van der Waals surface area contributed by atoms with Crippen LogP contribution in [0.2, 0.25) is 0 Å². The molecule has 24 heavy (non-hydrogen) atoms. The molecule has 0 saturated carbocycles. The molecular formula is C19H29N5. The zero-order valence-electron chi connectivity index (χ0n) is 15.3. The average molecular weight is 327 g/mol. The molecule has 5 heteroatoms. The van der Waals surface area contributed by atoms with E-state index < -0.39 is 0 Å². The summed E-state index contributed by atoms with van der Waals surface area (Å²) >= 11 is 0. The molecule has 5 nitrogen and oxygen atoms in total. The molecule has 0 aliphatic carbocycles. The lowest BCUT2D eigenvalue weighted by molar-refractivity contribution is 0.149. The highest BCUT2D eigenvalue weighted by atomic mass is 15.3. The minimum atomic E-state index is 0.319. The SMILES string of the molecule is CC(C)N1CCC(Cc2nccnc2-c2ccnn2C(C)C)CC1. The molecule has 3 rings (SSSR count). The number of aromatic nitrogens is 4. The molecule has 1 aliphatic heterocycles. The molecule has 2 aromatic rings. The van der Waals surface area contributed by atoms with Gasteiger partial charge in [0.2, 0.25) is 0 Å². The third kappa shape index (κ3) is 3.66. The monoisotopic (exact) mass is 327 g/mol. The Kier molecular flexibility index (Phi) is 5.29. The van der Waals surface area contributed by atoms with Crippen LogP contribution in [0, 0.1) is 5.92 Å². The van der Waals surface area contributed by atoms with Gasteiger partial charge in [0.1, 0.15) is 5.69 Å². The second kappa shape index (κ2) is 7.43. The first-order chi connectivity index (χ1) is 11.6. The van der Waals surface area contributed by atoms with E-state index in [9.17, 15) is 0 Å². The van der Waals surface area contributed by atoms with E-state index in [0.717, 1.165) is 23.5 Å². The summed E-state index contributed by atoms with van der Waals surface area (Å²) in [5, 5.41) is 4.45. The van der Waals surface area contributed by atoms with Crippen LogP contribution in [0.4, 0.5) is 0 Å². The molecule has 2 aromatic heterocycles. The van der Waals surface area contributed by atoms with Crippen LogP contribution in [0.15, 0.2) is 24.7 Å². The highest BCUT2D eigenvalue weighted by Gasteiger charge is 2.23. The lowest BCUT2D eigenvalue weighted by Gasteiger charge is -2.34. The van der Waals surface area contributed by atoms with Gasteiger partial charge >= 0.3 is 0 Å². The van der Waals surface area contributed by atoms with E-state index >= 15 is 0 Å². The topological polar surface area (TPSA) is 46.8 Å². The predicted molar refractivity (Wildman–Crippen MR) is 96.8 cm³/mol. The molecule has 1 aliphatic rings. The standard InChI is InChI=1S/C19H29N5/c1-14(2)23-11-6-16(7-12-23)13-17-19(21-10-9-20-17)18-5-8-22-24(18)15(3)4/h5,8-10,14-16H,6-7,11-13H2,1-4H3. The van der Waals surface area contributed by atoms with Gasteiger partial charge in [0.25, 0.3) is 0 Å². The maximum atomic E-state index is 4.67. The largest absolute Gasteiger partial charge is 0.301 e. The molecule has 130 valence electrons. The van der Waals surface area contributed by atoms with Gasteiger partial charge in [-0.1, -0.05) is 0 Å². The van der Waals surface area contributed by atoms with Crippen molar-refractivity contribution in [1.82, 2.24) is 24.6 Å². The number of hydrogen-bond donors (Lipinski definition) is 0. The van der Waals surface area contributed by atoms with Crippen LogP contribution < -0.4 is 0 Å². The van der Waals surface area contributed by atoms with Crippen molar-refractivity contribution in [2.75, 3.05) is 13.1 Å². The van der Waals surface area contributed by atoms with Gasteiger partial charge in [-0.2, -0.15) is 5.10 Å². The molecule has 3 heterocycles. The van der Waals surface area contributed by atoms with Crippen molar-refractivity contribution < 1.29 is 0 Å². The van der Waals surface area contributed by atoms with Gasteiger partial charge in [-0.3, -0.25) is 14.6 Å². The smallest absolute Gasteiger partial charge is 0.110 e. The normalized spacial score (nSPS) is 17.1. The van der Waals surface area contributed by atoms with Crippen molar-refractivity contribution in [3.05, 3.63) is 30.4 Å². The van der Waals surface area contributed by atoms with Crippen molar-refractivity contribution in [3.63, 3.8) is 0 Å². The number of likely N-dealkylation sites (tertiary alicyclic amines) is 1. The number of hydrogen-bond acceptors (Lipinski definition) is 4. The van der Waals surface area contributed by atoms with Gasteiger partial charge in [-0.15, -0.1) is 0 Å². The molecule has 0 atom stereocenters. The van der Waals surface area contributed by atoms with Crippen molar-refractivity contribution >= 4 is 0 Å². The summed E-state index contributed by atoms with van der Waals surface area (Å²) < 4.78 is 2.04. The predicted octanol–water partition coefficient (Wildman–Crippen LogP) is 3.58. The van der Waals surface area contributed by atoms with Crippen molar-refractivity contribution in [1.29, 1.82) is 0 Å². The maximum absolute atomic E-state index is 4.67. The highest BCUT2D eigenvalue weighted by Crippen LogP contribution is 2.27. The van der Waals surface area contributed by atoms with Crippen molar-refractivity contribution in [3.8, 4) is 11.4 Å². The Balaban J connectivity index is 1.77. The zero-order chi connectivity index (χ0) is 17.1. The van der Waals surface area contributed by atoms with Crippen molar-refractivity contribution in [2.45, 2.75) is 59.0 Å². The third-order valence-electron chi connectivity index (χ3n) is 5.04. The molecule has 1 fully saturated rings. The number of rotatable bonds is 5. The zero-order valence-corrected chi connectivity index (χ0v) is 15.3. The van der Waals surface area contributed by atoms with E-state index in [2.05, 4.69) is 53.7 Å². The second-order valence-electron chi connectivity index (χ2n) is 7.38. The molecule has 0 spiro atoms. The first-order valence-corrected chi connectivity index (χ1v) is 9.14. The van der Waals surface area contributed by atoms with Gasteiger partial charge in [-0.05, 0) is 72.0 Å². The van der Waals surface area contributed by atoms with Gasteiger partial charge in [0, 0.05) is 30.7 Å². The first kappa shape index (κ1) is 17.1. The fourth-order valence-corrected chi connectivity index (χ4v) is 3.59. The molecule has 0 bridgehead atoms. The minimum absolute atomic E-state index is 0.319. The first-order valence-electron chi connectivity index (χ1n) is 9.14. The summed E-state index contributed by atoms with van der Waals surface area (Å²) in [7, 11) is 0. The lowest BCUT2D eigenvalue weighted by Crippen LogP contribution is -2.38. The maximum Gasteiger partial charge on any atom is 0.110 e. The highest BCUT2D eigenvalue weighted by molar-refractivity contribution is 5.57. The summed E-state index contributed by atoms with van der Waals surface area (Å²) in [5.41, 5.74) is 3.19. The molecule has 0 amide bonds. The summed E-state index contributed by atoms with van der Waals surface area (Å²) in [6, 6.07) is 3.02. The Morgan fingerprint density at radius 1 is 1.00 bits per heavy atom. The summed E-state index contributed by atoms with van der Waals surface area (Å²) in [6.45, 7) is 11.3. The summed E-state index contributed by atoms with van der Waals surface area (Å²) in [6.07, 6.45) is 8.97. The molecule has 0 radical (unpaired) electrons. The lowest BCUT2D eigenvalue weighted by atomic mass is 9.90. The molecular weight excluding hydrogens is 298 g/mol. The van der Waals surface area contributed by atoms with Crippen LogP contribution >= 0.6 is 0 Å². The fraction of sp³-hybridized carbons (Fsp3) is 0.632. The van der Waals surface area contributed by atoms with E-state index in [-0.39, 0.29) is 0 Å². The van der Waals surface area contributed by atoms with E-state index in [1.807, 2.05) is 17.1 Å². The molecule has 0 unspecified atom stereocenters.